The summed E-state index contributed by atoms with van der Waals surface area (Å²) < 4.78 is 5.39. The highest BCUT2D eigenvalue weighted by atomic mass is 16.5. The number of ether oxygens (including phenoxy) is 1. The van der Waals surface area contributed by atoms with Gasteiger partial charge in [-0.05, 0) is 19.8 Å². The van der Waals surface area contributed by atoms with Crippen LogP contribution in [0, 0.1) is 5.92 Å². The fourth-order valence-electron chi connectivity index (χ4n) is 1.89. The van der Waals surface area contributed by atoms with Crippen molar-refractivity contribution in [2.24, 2.45) is 10.9 Å². The van der Waals surface area contributed by atoms with Gasteiger partial charge in [0.05, 0.1) is 6.61 Å². The molecule has 4 nitrogen and oxygen atoms in total. The highest BCUT2D eigenvalue weighted by Crippen LogP contribution is 2.13. The summed E-state index contributed by atoms with van der Waals surface area (Å²) >= 11 is 0. The van der Waals surface area contributed by atoms with E-state index in [0.29, 0.717) is 5.92 Å². The van der Waals surface area contributed by atoms with Gasteiger partial charge in [0.2, 0.25) is 0 Å². The van der Waals surface area contributed by atoms with Crippen LogP contribution in [0.15, 0.2) is 4.99 Å². The molecule has 0 amide bonds. The van der Waals surface area contributed by atoms with Gasteiger partial charge in [0.25, 0.3) is 0 Å². The number of guanidine groups is 1. The number of hydrogen-bond acceptors (Lipinski definition) is 2. The normalized spacial score (nSPS) is 21.2. The van der Waals surface area contributed by atoms with Gasteiger partial charge in [-0.1, -0.05) is 6.92 Å². The minimum Gasteiger partial charge on any atom is -0.381 e. The standard InChI is InChI=1S/C12H25N3O/c1-4-7-14-12(13-5-2)15(3)9-11-6-8-16-10-11/h11H,4-10H2,1-3H3,(H,13,14). The minimum atomic E-state index is 0.662. The molecular formula is C12H25N3O. The van der Waals surface area contributed by atoms with E-state index in [2.05, 4.69) is 36.1 Å². The summed E-state index contributed by atoms with van der Waals surface area (Å²) in [4.78, 5) is 6.79. The molecule has 1 saturated heterocycles. The largest absolute Gasteiger partial charge is 0.381 e. The minimum absolute atomic E-state index is 0.662. The molecule has 1 aliphatic heterocycles. The molecule has 1 aliphatic rings. The maximum absolute atomic E-state index is 5.39. The van der Waals surface area contributed by atoms with E-state index in [1.54, 1.807) is 0 Å². The predicted octanol–water partition coefficient (Wildman–Crippen LogP) is 1.33. The molecule has 0 spiro atoms. The molecule has 1 unspecified atom stereocenters. The van der Waals surface area contributed by atoms with Crippen LogP contribution < -0.4 is 5.32 Å². The van der Waals surface area contributed by atoms with Gasteiger partial charge in [0.1, 0.15) is 0 Å². The topological polar surface area (TPSA) is 36.9 Å². The summed E-state index contributed by atoms with van der Waals surface area (Å²) in [7, 11) is 2.11. The van der Waals surface area contributed by atoms with Crippen molar-refractivity contribution < 1.29 is 4.74 Å². The van der Waals surface area contributed by atoms with E-state index in [-0.39, 0.29) is 0 Å². The quantitative estimate of drug-likeness (QED) is 0.569. The van der Waals surface area contributed by atoms with E-state index in [1.165, 1.54) is 6.42 Å². The summed E-state index contributed by atoms with van der Waals surface area (Å²) in [6.45, 7) is 8.93. The average Bonchev–Trinajstić information content (AvgIpc) is 2.76. The van der Waals surface area contributed by atoms with Gasteiger partial charge in [0.15, 0.2) is 5.96 Å². The lowest BCUT2D eigenvalue weighted by Crippen LogP contribution is -2.41. The van der Waals surface area contributed by atoms with Crippen LogP contribution in [0.2, 0.25) is 0 Å². The van der Waals surface area contributed by atoms with Gasteiger partial charge in [-0.15, -0.1) is 0 Å². The van der Waals surface area contributed by atoms with Gasteiger partial charge in [0, 0.05) is 39.2 Å². The number of aliphatic imine (C=N–C) groups is 1. The summed E-state index contributed by atoms with van der Waals surface area (Å²) in [5, 5.41) is 3.33. The molecule has 16 heavy (non-hydrogen) atoms. The van der Waals surface area contributed by atoms with Gasteiger partial charge in [-0.25, -0.2) is 0 Å². The molecule has 4 heteroatoms. The number of nitrogens with one attached hydrogen (secondary N) is 1. The maximum atomic E-state index is 5.39. The molecule has 0 saturated carbocycles. The van der Waals surface area contributed by atoms with E-state index in [4.69, 9.17) is 4.74 Å². The summed E-state index contributed by atoms with van der Waals surface area (Å²) in [5.41, 5.74) is 0. The summed E-state index contributed by atoms with van der Waals surface area (Å²) in [6, 6.07) is 0. The molecule has 0 bridgehead atoms. The smallest absolute Gasteiger partial charge is 0.193 e. The van der Waals surface area contributed by atoms with Crippen LogP contribution in [-0.4, -0.2) is 50.8 Å². The average molecular weight is 227 g/mol. The third-order valence-electron chi connectivity index (χ3n) is 2.74. The Morgan fingerprint density at radius 3 is 2.88 bits per heavy atom. The first-order chi connectivity index (χ1) is 7.77. The second-order valence-corrected chi connectivity index (χ2v) is 4.35. The zero-order valence-corrected chi connectivity index (χ0v) is 10.8. The Hall–Kier alpha value is -0.770. The van der Waals surface area contributed by atoms with Crippen LogP contribution in [-0.2, 0) is 4.74 Å². The van der Waals surface area contributed by atoms with Crippen LogP contribution in [0.4, 0.5) is 0 Å². The SMILES string of the molecule is CCCN=C(NCC)N(C)CC1CCOC1. The fourth-order valence-corrected chi connectivity index (χ4v) is 1.89. The van der Waals surface area contributed by atoms with Crippen molar-refractivity contribution in [1.82, 2.24) is 10.2 Å². The molecule has 1 fully saturated rings. The number of hydrogen-bond donors (Lipinski definition) is 1. The van der Waals surface area contributed by atoms with Gasteiger partial charge >= 0.3 is 0 Å². The molecule has 1 atom stereocenters. The van der Waals surface area contributed by atoms with Crippen molar-refractivity contribution in [3.8, 4) is 0 Å². The van der Waals surface area contributed by atoms with E-state index < -0.39 is 0 Å². The molecule has 1 rings (SSSR count). The Morgan fingerprint density at radius 1 is 1.50 bits per heavy atom. The molecule has 0 aromatic carbocycles. The molecule has 0 aromatic heterocycles. The number of rotatable bonds is 5. The molecule has 0 radical (unpaired) electrons. The molecule has 0 aromatic rings. The van der Waals surface area contributed by atoms with Gasteiger partial charge in [-0.3, -0.25) is 4.99 Å². The Balaban J connectivity index is 2.41. The van der Waals surface area contributed by atoms with Crippen molar-refractivity contribution in [3.63, 3.8) is 0 Å². The molecule has 1 N–H and O–H groups in total. The monoisotopic (exact) mass is 227 g/mol. The van der Waals surface area contributed by atoms with Crippen molar-refractivity contribution in [2.75, 3.05) is 39.9 Å². The van der Waals surface area contributed by atoms with Crippen molar-refractivity contribution in [1.29, 1.82) is 0 Å². The second kappa shape index (κ2) is 7.49. The van der Waals surface area contributed by atoms with Crippen LogP contribution >= 0.6 is 0 Å². The summed E-state index contributed by atoms with van der Waals surface area (Å²) in [5.74, 6) is 1.69. The van der Waals surface area contributed by atoms with Crippen LogP contribution in [0.5, 0.6) is 0 Å². The number of nitrogens with zero attached hydrogens (tertiary/aromatic N) is 2. The third kappa shape index (κ3) is 4.39. The zero-order valence-electron chi connectivity index (χ0n) is 10.8. The first-order valence-corrected chi connectivity index (χ1v) is 6.35. The molecular weight excluding hydrogens is 202 g/mol. The van der Waals surface area contributed by atoms with Gasteiger partial charge in [-0.2, -0.15) is 0 Å². The van der Waals surface area contributed by atoms with E-state index in [1.807, 2.05) is 0 Å². The third-order valence-corrected chi connectivity index (χ3v) is 2.74. The van der Waals surface area contributed by atoms with Crippen molar-refractivity contribution in [2.45, 2.75) is 26.7 Å². The van der Waals surface area contributed by atoms with E-state index in [9.17, 15) is 0 Å². The summed E-state index contributed by atoms with van der Waals surface area (Å²) in [6.07, 6.45) is 2.27. The fraction of sp³-hybridized carbons (Fsp3) is 0.917. The Morgan fingerprint density at radius 2 is 2.31 bits per heavy atom. The lowest BCUT2D eigenvalue weighted by Gasteiger charge is -2.24. The highest BCUT2D eigenvalue weighted by molar-refractivity contribution is 5.79. The molecule has 94 valence electrons. The van der Waals surface area contributed by atoms with Gasteiger partial charge < -0.3 is 15.0 Å². The van der Waals surface area contributed by atoms with E-state index >= 15 is 0 Å². The Kier molecular flexibility index (Phi) is 6.23. The van der Waals surface area contributed by atoms with Crippen LogP contribution in [0.1, 0.15) is 26.7 Å². The molecule has 0 aliphatic carbocycles. The maximum Gasteiger partial charge on any atom is 0.193 e. The second-order valence-electron chi connectivity index (χ2n) is 4.35. The first kappa shape index (κ1) is 13.3. The Bertz CT molecular complexity index is 212. The lowest BCUT2D eigenvalue weighted by atomic mass is 10.1. The Labute approximate surface area is 99.1 Å². The van der Waals surface area contributed by atoms with E-state index in [0.717, 1.165) is 45.2 Å². The van der Waals surface area contributed by atoms with Crippen LogP contribution in [0.3, 0.4) is 0 Å². The predicted molar refractivity (Wildman–Crippen MR) is 67.8 cm³/mol. The zero-order chi connectivity index (χ0) is 11.8. The van der Waals surface area contributed by atoms with Crippen molar-refractivity contribution >= 4 is 5.96 Å². The molecule has 1 heterocycles. The van der Waals surface area contributed by atoms with Crippen LogP contribution in [0.25, 0.3) is 0 Å². The lowest BCUT2D eigenvalue weighted by molar-refractivity contribution is 0.181. The van der Waals surface area contributed by atoms with Crippen molar-refractivity contribution in [3.05, 3.63) is 0 Å². The highest BCUT2D eigenvalue weighted by Gasteiger charge is 2.18. The first-order valence-electron chi connectivity index (χ1n) is 6.35.